The molecule has 2 rings (SSSR count). The van der Waals surface area contributed by atoms with Crippen molar-refractivity contribution in [2.24, 2.45) is 0 Å². The molecule has 3 heteroatoms. The minimum Gasteiger partial charge on any atom is -0.224 e. The van der Waals surface area contributed by atoms with Crippen molar-refractivity contribution in [2.45, 2.75) is 12.2 Å². The highest BCUT2D eigenvalue weighted by Gasteiger charge is 2.19. The standard InChI is InChI=1S/C16H16O2S/c1-14(16-10-6-3-7-11-16)19(17,18)13-12-15-8-4-2-5-9-15/h2-14H,1H3/b13-12+. The average Bonchev–Trinajstić information content (AvgIpc) is 2.46. The van der Waals surface area contributed by atoms with Gasteiger partial charge >= 0.3 is 0 Å². The number of hydrogen-bond acceptors (Lipinski definition) is 2. The first-order valence-corrected chi connectivity index (χ1v) is 7.72. The Morgan fingerprint density at radius 1 is 0.895 bits per heavy atom. The minimum absolute atomic E-state index is 0.534. The Labute approximate surface area is 114 Å². The summed E-state index contributed by atoms with van der Waals surface area (Å²) in [7, 11) is -3.29. The molecule has 0 saturated carbocycles. The highest BCUT2D eigenvalue weighted by molar-refractivity contribution is 7.94. The van der Waals surface area contributed by atoms with Crippen LogP contribution in [0, 0.1) is 0 Å². The molecule has 0 saturated heterocycles. The first kappa shape index (κ1) is 13.6. The van der Waals surface area contributed by atoms with Gasteiger partial charge in [-0.25, -0.2) is 8.42 Å². The van der Waals surface area contributed by atoms with E-state index in [-0.39, 0.29) is 0 Å². The van der Waals surface area contributed by atoms with E-state index in [9.17, 15) is 8.42 Å². The van der Waals surface area contributed by atoms with Crippen molar-refractivity contribution in [3.8, 4) is 0 Å². The van der Waals surface area contributed by atoms with E-state index in [4.69, 9.17) is 0 Å². The van der Waals surface area contributed by atoms with Crippen LogP contribution >= 0.6 is 0 Å². The molecule has 0 radical (unpaired) electrons. The topological polar surface area (TPSA) is 34.1 Å². The molecule has 0 bridgehead atoms. The molecular weight excluding hydrogens is 256 g/mol. The Hall–Kier alpha value is -1.87. The molecular formula is C16H16O2S. The Kier molecular flexibility index (Phi) is 4.17. The molecule has 0 spiro atoms. The van der Waals surface area contributed by atoms with Crippen LogP contribution in [-0.2, 0) is 9.84 Å². The Balaban J connectivity index is 2.22. The third kappa shape index (κ3) is 3.55. The van der Waals surface area contributed by atoms with Crippen molar-refractivity contribution in [3.63, 3.8) is 0 Å². The Morgan fingerprint density at radius 3 is 2.00 bits per heavy atom. The van der Waals surface area contributed by atoms with Crippen LogP contribution in [0.3, 0.4) is 0 Å². The molecule has 1 atom stereocenters. The third-order valence-electron chi connectivity index (χ3n) is 3.01. The normalized spacial score (nSPS) is 13.5. The van der Waals surface area contributed by atoms with Gasteiger partial charge < -0.3 is 0 Å². The van der Waals surface area contributed by atoms with Crippen molar-refractivity contribution in [1.82, 2.24) is 0 Å². The summed E-state index contributed by atoms with van der Waals surface area (Å²) in [6.45, 7) is 1.71. The molecule has 0 N–H and O–H groups in total. The maximum absolute atomic E-state index is 12.2. The van der Waals surface area contributed by atoms with Crippen molar-refractivity contribution in [1.29, 1.82) is 0 Å². The number of sulfone groups is 1. The summed E-state index contributed by atoms with van der Waals surface area (Å²) in [4.78, 5) is 0. The fraction of sp³-hybridized carbons (Fsp3) is 0.125. The van der Waals surface area contributed by atoms with Gasteiger partial charge in [-0.1, -0.05) is 60.7 Å². The van der Waals surface area contributed by atoms with E-state index in [2.05, 4.69) is 0 Å². The predicted octanol–water partition coefficient (Wildman–Crippen LogP) is 3.83. The van der Waals surface area contributed by atoms with Gasteiger partial charge in [0.05, 0.1) is 5.25 Å². The van der Waals surface area contributed by atoms with E-state index in [1.165, 1.54) is 5.41 Å². The fourth-order valence-corrected chi connectivity index (χ4v) is 2.89. The van der Waals surface area contributed by atoms with Crippen LogP contribution in [0.4, 0.5) is 0 Å². The van der Waals surface area contributed by atoms with Gasteiger partial charge in [-0.3, -0.25) is 0 Å². The lowest BCUT2D eigenvalue weighted by Gasteiger charge is -2.09. The van der Waals surface area contributed by atoms with Gasteiger partial charge in [0, 0.05) is 5.41 Å². The maximum Gasteiger partial charge on any atom is 0.178 e. The quantitative estimate of drug-likeness (QED) is 0.847. The zero-order valence-corrected chi connectivity index (χ0v) is 11.5. The van der Waals surface area contributed by atoms with Crippen LogP contribution in [0.2, 0.25) is 0 Å². The van der Waals surface area contributed by atoms with Crippen LogP contribution in [0.15, 0.2) is 66.1 Å². The van der Waals surface area contributed by atoms with Crippen molar-refractivity contribution in [2.75, 3.05) is 0 Å². The zero-order chi connectivity index (χ0) is 13.7. The molecule has 0 heterocycles. The molecule has 0 aliphatic rings. The summed E-state index contributed by atoms with van der Waals surface area (Å²) < 4.78 is 24.4. The molecule has 0 aliphatic heterocycles. The summed E-state index contributed by atoms with van der Waals surface area (Å²) in [5.41, 5.74) is 1.69. The number of rotatable bonds is 4. The molecule has 0 fully saturated rings. The van der Waals surface area contributed by atoms with E-state index in [0.29, 0.717) is 0 Å². The molecule has 2 nitrogen and oxygen atoms in total. The molecule has 2 aromatic carbocycles. The second-order valence-electron chi connectivity index (χ2n) is 4.36. The summed E-state index contributed by atoms with van der Waals surface area (Å²) in [6, 6.07) is 18.7. The molecule has 0 amide bonds. The van der Waals surface area contributed by atoms with E-state index in [1.807, 2.05) is 60.7 Å². The second kappa shape index (κ2) is 5.85. The van der Waals surface area contributed by atoms with Gasteiger partial charge in [0.2, 0.25) is 0 Å². The Bertz CT molecular complexity index is 644. The Morgan fingerprint density at radius 2 is 1.42 bits per heavy atom. The highest BCUT2D eigenvalue weighted by Crippen LogP contribution is 2.23. The van der Waals surface area contributed by atoms with Crippen LogP contribution in [-0.4, -0.2) is 8.42 Å². The summed E-state index contributed by atoms with van der Waals surface area (Å²) in [5.74, 6) is 0. The van der Waals surface area contributed by atoms with Crippen molar-refractivity contribution in [3.05, 3.63) is 77.2 Å². The summed E-state index contributed by atoms with van der Waals surface area (Å²) in [5, 5.41) is 0.758. The van der Waals surface area contributed by atoms with Gasteiger partial charge in [0.1, 0.15) is 0 Å². The van der Waals surface area contributed by atoms with Crippen LogP contribution < -0.4 is 0 Å². The summed E-state index contributed by atoms with van der Waals surface area (Å²) >= 11 is 0. The lowest BCUT2D eigenvalue weighted by atomic mass is 10.2. The fourth-order valence-electron chi connectivity index (χ4n) is 1.77. The predicted molar refractivity (Wildman–Crippen MR) is 79.3 cm³/mol. The molecule has 0 aliphatic carbocycles. The third-order valence-corrected chi connectivity index (χ3v) is 4.78. The van der Waals surface area contributed by atoms with E-state index in [1.54, 1.807) is 13.0 Å². The van der Waals surface area contributed by atoms with Crippen molar-refractivity contribution >= 4 is 15.9 Å². The number of benzene rings is 2. The maximum atomic E-state index is 12.2. The molecule has 0 aromatic heterocycles. The SMILES string of the molecule is CC(c1ccccc1)S(=O)(=O)/C=C/c1ccccc1. The van der Waals surface area contributed by atoms with Gasteiger partial charge in [0.15, 0.2) is 9.84 Å². The molecule has 98 valence electrons. The first-order valence-electron chi connectivity index (χ1n) is 6.11. The van der Waals surface area contributed by atoms with Crippen LogP contribution in [0.1, 0.15) is 23.3 Å². The zero-order valence-electron chi connectivity index (χ0n) is 10.7. The van der Waals surface area contributed by atoms with E-state index < -0.39 is 15.1 Å². The largest absolute Gasteiger partial charge is 0.224 e. The van der Waals surface area contributed by atoms with E-state index in [0.717, 1.165) is 11.1 Å². The average molecular weight is 272 g/mol. The van der Waals surface area contributed by atoms with Gasteiger partial charge in [0.25, 0.3) is 0 Å². The molecule has 1 unspecified atom stereocenters. The lowest BCUT2D eigenvalue weighted by Crippen LogP contribution is -2.06. The van der Waals surface area contributed by atoms with Crippen LogP contribution in [0.5, 0.6) is 0 Å². The lowest BCUT2D eigenvalue weighted by molar-refractivity contribution is 0.595. The highest BCUT2D eigenvalue weighted by atomic mass is 32.2. The van der Waals surface area contributed by atoms with Gasteiger partial charge in [-0.05, 0) is 24.1 Å². The molecule has 19 heavy (non-hydrogen) atoms. The molecule has 2 aromatic rings. The van der Waals surface area contributed by atoms with Gasteiger partial charge in [-0.15, -0.1) is 0 Å². The second-order valence-corrected chi connectivity index (χ2v) is 6.51. The van der Waals surface area contributed by atoms with Crippen LogP contribution in [0.25, 0.3) is 6.08 Å². The summed E-state index contributed by atoms with van der Waals surface area (Å²) in [6.07, 6.45) is 1.63. The minimum atomic E-state index is -3.29. The van der Waals surface area contributed by atoms with Gasteiger partial charge in [-0.2, -0.15) is 0 Å². The smallest absolute Gasteiger partial charge is 0.178 e. The number of hydrogen-bond donors (Lipinski definition) is 0. The monoisotopic (exact) mass is 272 g/mol. The first-order chi connectivity index (χ1) is 9.09. The van der Waals surface area contributed by atoms with E-state index >= 15 is 0 Å². The van der Waals surface area contributed by atoms with Crippen molar-refractivity contribution < 1.29 is 8.42 Å².